The molecule has 1 aromatic carbocycles. The van der Waals surface area contributed by atoms with E-state index in [-0.39, 0.29) is 6.04 Å². The highest BCUT2D eigenvalue weighted by Gasteiger charge is 2.11. The normalized spacial score (nSPS) is 14.2. The molecule has 0 bridgehead atoms. The lowest BCUT2D eigenvalue weighted by atomic mass is 10.2. The molecule has 108 valence electrons. The van der Waals surface area contributed by atoms with Gasteiger partial charge >= 0.3 is 0 Å². The lowest BCUT2D eigenvalue weighted by Gasteiger charge is -2.16. The second kappa shape index (κ2) is 8.39. The van der Waals surface area contributed by atoms with Crippen molar-refractivity contribution in [2.45, 2.75) is 26.4 Å². The maximum atomic E-state index is 11.2. The van der Waals surface area contributed by atoms with Crippen LogP contribution < -0.4 is 10.1 Å². The molecule has 0 saturated carbocycles. The summed E-state index contributed by atoms with van der Waals surface area (Å²) in [6, 6.07) is 4.22. The van der Waals surface area contributed by atoms with Gasteiger partial charge in [0.15, 0.2) is 0 Å². The maximum absolute atomic E-state index is 11.2. The van der Waals surface area contributed by atoms with E-state index in [0.717, 1.165) is 20.3 Å². The molecule has 1 rings (SSSR count). The molecule has 1 aromatic rings. The van der Waals surface area contributed by atoms with Crippen LogP contribution in [0.1, 0.15) is 19.4 Å². The summed E-state index contributed by atoms with van der Waals surface area (Å²) in [6.45, 7) is 5.32. The summed E-state index contributed by atoms with van der Waals surface area (Å²) in [4.78, 5) is 0. The van der Waals surface area contributed by atoms with Crippen molar-refractivity contribution in [2.24, 2.45) is 0 Å². The number of nitrogens with one attached hydrogen (secondary N) is 1. The third-order valence-electron chi connectivity index (χ3n) is 2.50. The van der Waals surface area contributed by atoms with Crippen LogP contribution >= 0.6 is 31.9 Å². The lowest BCUT2D eigenvalue weighted by Crippen LogP contribution is -2.30. The smallest absolute Gasteiger partial charge is 0.138 e. The average molecular weight is 413 g/mol. The molecule has 0 radical (unpaired) electrons. The first-order valence-corrected chi connectivity index (χ1v) is 9.39. The average Bonchev–Trinajstić information content (AvgIpc) is 2.29. The Morgan fingerprint density at radius 3 is 2.68 bits per heavy atom. The predicted molar refractivity (Wildman–Crippen MR) is 88.2 cm³/mol. The van der Waals surface area contributed by atoms with Crippen molar-refractivity contribution in [1.29, 1.82) is 0 Å². The SMILES string of the molecule is CCOc1c(Br)cc(Br)cc1CNC(C)CS(C)=O. The summed E-state index contributed by atoms with van der Waals surface area (Å²) < 4.78 is 18.8. The van der Waals surface area contributed by atoms with Crippen LogP contribution in [-0.4, -0.2) is 28.9 Å². The monoisotopic (exact) mass is 411 g/mol. The zero-order valence-electron chi connectivity index (χ0n) is 11.3. The van der Waals surface area contributed by atoms with Crippen molar-refractivity contribution >= 4 is 42.7 Å². The summed E-state index contributed by atoms with van der Waals surface area (Å²) >= 11 is 7.00. The zero-order chi connectivity index (χ0) is 14.4. The Morgan fingerprint density at radius 2 is 2.11 bits per heavy atom. The van der Waals surface area contributed by atoms with Crippen LogP contribution in [0.15, 0.2) is 21.1 Å². The van der Waals surface area contributed by atoms with Gasteiger partial charge in [0.1, 0.15) is 5.75 Å². The summed E-state index contributed by atoms with van der Waals surface area (Å²) in [5.41, 5.74) is 1.08. The highest BCUT2D eigenvalue weighted by atomic mass is 79.9. The minimum absolute atomic E-state index is 0.207. The van der Waals surface area contributed by atoms with E-state index in [9.17, 15) is 4.21 Å². The molecule has 0 aliphatic heterocycles. The van der Waals surface area contributed by atoms with Crippen LogP contribution in [0, 0.1) is 0 Å². The number of ether oxygens (including phenoxy) is 1. The summed E-state index contributed by atoms with van der Waals surface area (Å²) in [6.07, 6.45) is 1.72. The van der Waals surface area contributed by atoms with Gasteiger partial charge in [0, 0.05) is 45.4 Å². The first-order chi connectivity index (χ1) is 8.93. The van der Waals surface area contributed by atoms with E-state index in [2.05, 4.69) is 37.2 Å². The number of hydrogen-bond donors (Lipinski definition) is 1. The van der Waals surface area contributed by atoms with E-state index in [1.807, 2.05) is 26.0 Å². The van der Waals surface area contributed by atoms with Gasteiger partial charge in [-0.3, -0.25) is 4.21 Å². The van der Waals surface area contributed by atoms with E-state index < -0.39 is 10.8 Å². The van der Waals surface area contributed by atoms with Gasteiger partial charge in [-0.15, -0.1) is 0 Å². The largest absolute Gasteiger partial charge is 0.492 e. The van der Waals surface area contributed by atoms with Crippen LogP contribution in [0.5, 0.6) is 5.75 Å². The van der Waals surface area contributed by atoms with Crippen LogP contribution in [0.3, 0.4) is 0 Å². The second-order valence-corrected chi connectivity index (χ2v) is 7.58. The topological polar surface area (TPSA) is 38.3 Å². The van der Waals surface area contributed by atoms with E-state index in [0.29, 0.717) is 18.9 Å². The molecule has 2 atom stereocenters. The van der Waals surface area contributed by atoms with Gasteiger partial charge in [0.2, 0.25) is 0 Å². The third kappa shape index (κ3) is 5.94. The highest BCUT2D eigenvalue weighted by Crippen LogP contribution is 2.33. The van der Waals surface area contributed by atoms with Crippen molar-refractivity contribution in [1.82, 2.24) is 5.32 Å². The van der Waals surface area contributed by atoms with Crippen LogP contribution in [0.2, 0.25) is 0 Å². The molecule has 6 heteroatoms. The molecule has 0 amide bonds. The van der Waals surface area contributed by atoms with E-state index in [1.165, 1.54) is 0 Å². The van der Waals surface area contributed by atoms with E-state index >= 15 is 0 Å². The third-order valence-corrected chi connectivity index (χ3v) is 4.52. The zero-order valence-corrected chi connectivity index (χ0v) is 15.3. The van der Waals surface area contributed by atoms with Gasteiger partial charge in [-0.1, -0.05) is 15.9 Å². The first-order valence-electron chi connectivity index (χ1n) is 6.08. The Balaban J connectivity index is 2.78. The van der Waals surface area contributed by atoms with Crippen molar-refractivity contribution in [3.63, 3.8) is 0 Å². The highest BCUT2D eigenvalue weighted by molar-refractivity contribution is 9.11. The molecule has 0 aromatic heterocycles. The predicted octanol–water partition coefficient (Wildman–Crippen LogP) is 3.47. The van der Waals surface area contributed by atoms with Crippen molar-refractivity contribution < 1.29 is 8.95 Å². The van der Waals surface area contributed by atoms with Crippen molar-refractivity contribution in [3.05, 3.63) is 26.6 Å². The molecule has 0 spiro atoms. The van der Waals surface area contributed by atoms with Crippen LogP contribution in [-0.2, 0) is 17.3 Å². The first kappa shape index (κ1) is 17.1. The summed E-state index contributed by atoms with van der Waals surface area (Å²) in [7, 11) is -0.783. The minimum atomic E-state index is -0.783. The van der Waals surface area contributed by atoms with Gasteiger partial charge < -0.3 is 10.1 Å². The van der Waals surface area contributed by atoms with Gasteiger partial charge in [-0.25, -0.2) is 0 Å². The van der Waals surface area contributed by atoms with Gasteiger partial charge in [0.25, 0.3) is 0 Å². The summed E-state index contributed by atoms with van der Waals surface area (Å²) in [5, 5.41) is 3.37. The molecule has 2 unspecified atom stereocenters. The number of halogens is 2. The van der Waals surface area contributed by atoms with Crippen LogP contribution in [0.25, 0.3) is 0 Å². The maximum Gasteiger partial charge on any atom is 0.138 e. The van der Waals surface area contributed by atoms with Gasteiger partial charge in [-0.2, -0.15) is 0 Å². The molecular formula is C13H19Br2NO2S. The molecule has 0 fully saturated rings. The van der Waals surface area contributed by atoms with Gasteiger partial charge in [0.05, 0.1) is 11.1 Å². The number of hydrogen-bond acceptors (Lipinski definition) is 3. The molecular weight excluding hydrogens is 394 g/mol. The number of rotatable bonds is 7. The Kier molecular flexibility index (Phi) is 7.57. The quantitative estimate of drug-likeness (QED) is 0.745. The van der Waals surface area contributed by atoms with Crippen LogP contribution in [0.4, 0.5) is 0 Å². The molecule has 0 saturated heterocycles. The minimum Gasteiger partial charge on any atom is -0.492 e. The Labute approximate surface area is 134 Å². The number of benzene rings is 1. The standard InChI is InChI=1S/C13H19Br2NO2S/c1-4-18-13-10(5-11(14)6-12(13)15)7-16-9(2)8-19(3)17/h5-6,9,16H,4,7-8H2,1-3H3. The van der Waals surface area contributed by atoms with Crippen molar-refractivity contribution in [2.75, 3.05) is 18.6 Å². The van der Waals surface area contributed by atoms with E-state index in [4.69, 9.17) is 4.74 Å². The second-order valence-electron chi connectivity index (χ2n) is 4.33. The molecule has 3 nitrogen and oxygen atoms in total. The molecule has 0 heterocycles. The lowest BCUT2D eigenvalue weighted by molar-refractivity contribution is 0.333. The Bertz CT molecular complexity index is 455. The fourth-order valence-electron chi connectivity index (χ4n) is 1.75. The molecule has 0 aliphatic carbocycles. The Hall–Kier alpha value is 0.0900. The van der Waals surface area contributed by atoms with Gasteiger partial charge in [-0.05, 0) is 41.9 Å². The Morgan fingerprint density at radius 1 is 1.42 bits per heavy atom. The molecule has 19 heavy (non-hydrogen) atoms. The van der Waals surface area contributed by atoms with Crippen molar-refractivity contribution in [3.8, 4) is 5.75 Å². The molecule has 1 N–H and O–H groups in total. The van der Waals surface area contributed by atoms with E-state index in [1.54, 1.807) is 6.26 Å². The fourth-order valence-corrected chi connectivity index (χ4v) is 4.00. The molecule has 0 aliphatic rings. The summed E-state index contributed by atoms with van der Waals surface area (Å²) in [5.74, 6) is 1.52. The fraction of sp³-hybridized carbons (Fsp3) is 0.538.